The van der Waals surface area contributed by atoms with Gasteiger partial charge in [0.15, 0.2) is 0 Å². The van der Waals surface area contributed by atoms with Crippen LogP contribution in [0, 0.1) is 11.3 Å². The van der Waals surface area contributed by atoms with Gasteiger partial charge in [-0.15, -0.1) is 11.8 Å². The van der Waals surface area contributed by atoms with E-state index in [0.29, 0.717) is 11.3 Å². The minimum atomic E-state index is -0.292. The predicted molar refractivity (Wildman–Crippen MR) is 79.4 cm³/mol. The highest BCUT2D eigenvalue weighted by atomic mass is 35.5. The Balaban J connectivity index is 1.65. The maximum absolute atomic E-state index is 9.48. The fraction of sp³-hybridized carbons (Fsp3) is 0.533. The second-order valence-electron chi connectivity index (χ2n) is 5.53. The van der Waals surface area contributed by atoms with Crippen molar-refractivity contribution in [2.75, 3.05) is 0 Å². The van der Waals surface area contributed by atoms with Gasteiger partial charge >= 0.3 is 0 Å². The molecule has 0 radical (unpaired) electrons. The first kappa shape index (κ1) is 13.3. The lowest BCUT2D eigenvalue weighted by molar-refractivity contribution is 0.420. The number of halogens is 1. The van der Waals surface area contributed by atoms with Crippen molar-refractivity contribution in [3.63, 3.8) is 0 Å². The monoisotopic (exact) mass is 292 g/mol. The van der Waals surface area contributed by atoms with E-state index in [1.807, 2.05) is 30.0 Å². The van der Waals surface area contributed by atoms with Crippen LogP contribution in [0.4, 0.5) is 0 Å². The van der Waals surface area contributed by atoms with Gasteiger partial charge < -0.3 is 0 Å². The standard InChI is InChI=1S/C15H17ClN2S/c16-13-3-1-2-4-14(13)19-12-7-8-15(9-12,10-17)18-11-5-6-11/h1-4,11-12,18H,5-9H2. The van der Waals surface area contributed by atoms with Crippen LogP contribution in [0.2, 0.25) is 5.02 Å². The second-order valence-corrected chi connectivity index (χ2v) is 7.27. The third-order valence-electron chi connectivity index (χ3n) is 3.87. The van der Waals surface area contributed by atoms with E-state index in [-0.39, 0.29) is 5.54 Å². The Hall–Kier alpha value is -0.690. The third-order valence-corrected chi connectivity index (χ3v) is 5.66. The zero-order valence-electron chi connectivity index (χ0n) is 10.7. The maximum atomic E-state index is 9.48. The van der Waals surface area contributed by atoms with Gasteiger partial charge in [0.25, 0.3) is 0 Å². The first-order valence-electron chi connectivity index (χ1n) is 6.81. The Kier molecular flexibility index (Phi) is 3.75. The van der Waals surface area contributed by atoms with E-state index in [9.17, 15) is 5.26 Å². The molecule has 0 aliphatic heterocycles. The summed E-state index contributed by atoms with van der Waals surface area (Å²) in [7, 11) is 0. The van der Waals surface area contributed by atoms with E-state index in [1.54, 1.807) is 0 Å². The number of benzene rings is 1. The normalized spacial score (nSPS) is 30.2. The average molecular weight is 293 g/mol. The Bertz CT molecular complexity index is 509. The number of nitrogens with one attached hydrogen (secondary N) is 1. The molecule has 4 heteroatoms. The van der Waals surface area contributed by atoms with Crippen LogP contribution < -0.4 is 5.32 Å². The van der Waals surface area contributed by atoms with Crippen LogP contribution in [-0.4, -0.2) is 16.8 Å². The Morgan fingerprint density at radius 2 is 2.11 bits per heavy atom. The van der Waals surface area contributed by atoms with Crippen LogP contribution in [0.25, 0.3) is 0 Å². The fourth-order valence-corrected chi connectivity index (χ4v) is 4.27. The summed E-state index contributed by atoms with van der Waals surface area (Å²) >= 11 is 8.02. The molecule has 2 saturated carbocycles. The van der Waals surface area contributed by atoms with E-state index in [1.165, 1.54) is 12.8 Å². The van der Waals surface area contributed by atoms with Crippen molar-refractivity contribution in [2.24, 2.45) is 0 Å². The van der Waals surface area contributed by atoms with Gasteiger partial charge in [-0.25, -0.2) is 0 Å². The lowest BCUT2D eigenvalue weighted by Gasteiger charge is -2.22. The first-order valence-corrected chi connectivity index (χ1v) is 8.07. The van der Waals surface area contributed by atoms with E-state index in [2.05, 4.69) is 17.5 Å². The molecular weight excluding hydrogens is 276 g/mol. The Labute approximate surface area is 123 Å². The molecule has 2 nitrogen and oxygen atoms in total. The summed E-state index contributed by atoms with van der Waals surface area (Å²) in [6, 6.07) is 11.1. The molecule has 0 spiro atoms. The number of hydrogen-bond donors (Lipinski definition) is 1. The summed E-state index contributed by atoms with van der Waals surface area (Å²) in [4.78, 5) is 1.13. The lowest BCUT2D eigenvalue weighted by Crippen LogP contribution is -2.43. The van der Waals surface area contributed by atoms with Gasteiger partial charge in [0.2, 0.25) is 0 Å². The predicted octanol–water partition coefficient (Wildman–Crippen LogP) is 4.00. The quantitative estimate of drug-likeness (QED) is 0.911. The largest absolute Gasteiger partial charge is 0.297 e. The SMILES string of the molecule is N#CC1(NC2CC2)CCC(Sc2ccccc2Cl)C1. The highest BCUT2D eigenvalue weighted by Crippen LogP contribution is 2.43. The minimum Gasteiger partial charge on any atom is -0.297 e. The zero-order chi connectivity index (χ0) is 13.3. The molecule has 1 N–H and O–H groups in total. The van der Waals surface area contributed by atoms with Crippen LogP contribution in [0.3, 0.4) is 0 Å². The molecule has 0 amide bonds. The van der Waals surface area contributed by atoms with Gasteiger partial charge in [-0.05, 0) is 44.2 Å². The average Bonchev–Trinajstić information content (AvgIpc) is 3.13. The van der Waals surface area contributed by atoms with Crippen molar-refractivity contribution in [3.05, 3.63) is 29.3 Å². The van der Waals surface area contributed by atoms with Crippen molar-refractivity contribution in [1.82, 2.24) is 5.32 Å². The highest BCUT2D eigenvalue weighted by Gasteiger charge is 2.43. The second kappa shape index (κ2) is 5.36. The van der Waals surface area contributed by atoms with E-state index in [0.717, 1.165) is 29.2 Å². The van der Waals surface area contributed by atoms with Gasteiger partial charge in [0.1, 0.15) is 5.54 Å². The van der Waals surface area contributed by atoms with Gasteiger partial charge in [-0.3, -0.25) is 5.32 Å². The summed E-state index contributed by atoms with van der Waals surface area (Å²) in [5, 5.41) is 14.3. The number of nitrogens with zero attached hydrogens (tertiary/aromatic N) is 1. The van der Waals surface area contributed by atoms with Crippen molar-refractivity contribution in [3.8, 4) is 6.07 Å². The maximum Gasteiger partial charge on any atom is 0.108 e. The topological polar surface area (TPSA) is 35.8 Å². The van der Waals surface area contributed by atoms with Crippen LogP contribution in [-0.2, 0) is 0 Å². The molecule has 19 heavy (non-hydrogen) atoms. The summed E-state index contributed by atoms with van der Waals surface area (Å²) in [6.45, 7) is 0. The minimum absolute atomic E-state index is 0.292. The van der Waals surface area contributed by atoms with E-state index < -0.39 is 0 Å². The summed E-state index contributed by atoms with van der Waals surface area (Å²) in [5.41, 5.74) is -0.292. The molecule has 100 valence electrons. The number of hydrogen-bond acceptors (Lipinski definition) is 3. The molecule has 1 aromatic carbocycles. The van der Waals surface area contributed by atoms with Crippen LogP contribution >= 0.6 is 23.4 Å². The molecule has 2 aliphatic rings. The Morgan fingerprint density at radius 3 is 2.79 bits per heavy atom. The van der Waals surface area contributed by atoms with Crippen LogP contribution in [0.5, 0.6) is 0 Å². The van der Waals surface area contributed by atoms with Crippen molar-refractivity contribution >= 4 is 23.4 Å². The summed E-state index contributed by atoms with van der Waals surface area (Å²) < 4.78 is 0. The van der Waals surface area contributed by atoms with Crippen molar-refractivity contribution in [2.45, 2.75) is 53.8 Å². The van der Waals surface area contributed by atoms with Crippen LogP contribution in [0.15, 0.2) is 29.2 Å². The molecule has 0 aromatic heterocycles. The molecule has 0 saturated heterocycles. The Morgan fingerprint density at radius 1 is 1.32 bits per heavy atom. The first-order chi connectivity index (χ1) is 9.21. The summed E-state index contributed by atoms with van der Waals surface area (Å²) in [5.74, 6) is 0. The molecule has 2 atom stereocenters. The van der Waals surface area contributed by atoms with E-state index >= 15 is 0 Å². The van der Waals surface area contributed by atoms with Crippen molar-refractivity contribution < 1.29 is 0 Å². The van der Waals surface area contributed by atoms with Gasteiger partial charge in [0.05, 0.1) is 11.1 Å². The fourth-order valence-electron chi connectivity index (χ4n) is 2.70. The van der Waals surface area contributed by atoms with Crippen molar-refractivity contribution in [1.29, 1.82) is 5.26 Å². The van der Waals surface area contributed by atoms with Gasteiger partial charge in [-0.1, -0.05) is 23.7 Å². The number of nitriles is 1. The number of rotatable bonds is 4. The third kappa shape index (κ3) is 3.08. The molecule has 3 rings (SSSR count). The molecule has 2 unspecified atom stereocenters. The molecule has 2 fully saturated rings. The summed E-state index contributed by atoms with van der Waals surface area (Å²) in [6.07, 6.45) is 5.43. The highest BCUT2D eigenvalue weighted by molar-refractivity contribution is 8.00. The van der Waals surface area contributed by atoms with Gasteiger partial charge in [-0.2, -0.15) is 5.26 Å². The van der Waals surface area contributed by atoms with Gasteiger partial charge in [0, 0.05) is 16.2 Å². The van der Waals surface area contributed by atoms with E-state index in [4.69, 9.17) is 11.6 Å². The molecule has 0 heterocycles. The molecule has 2 aliphatic carbocycles. The molecular formula is C15H17ClN2S. The smallest absolute Gasteiger partial charge is 0.108 e. The lowest BCUT2D eigenvalue weighted by atomic mass is 10.00. The number of thioether (sulfide) groups is 1. The molecule has 1 aromatic rings. The van der Waals surface area contributed by atoms with Crippen LogP contribution in [0.1, 0.15) is 32.1 Å². The zero-order valence-corrected chi connectivity index (χ0v) is 12.3. The molecule has 0 bridgehead atoms.